The van der Waals surface area contributed by atoms with Gasteiger partial charge in [0, 0.05) is 5.69 Å². The molecule has 0 aliphatic rings. The maximum absolute atomic E-state index is 12.6. The lowest BCUT2D eigenvalue weighted by atomic mass is 10.2. The van der Waals surface area contributed by atoms with Gasteiger partial charge in [0.25, 0.3) is 0 Å². The van der Waals surface area contributed by atoms with E-state index in [0.29, 0.717) is 17.3 Å². The summed E-state index contributed by atoms with van der Waals surface area (Å²) in [6, 6.07) is 6.71. The fourth-order valence-corrected chi connectivity index (χ4v) is 2.91. The number of amides is 1. The van der Waals surface area contributed by atoms with E-state index in [0.717, 1.165) is 11.5 Å². The van der Waals surface area contributed by atoms with Gasteiger partial charge in [0.05, 0.1) is 7.11 Å². The molecule has 1 aromatic heterocycles. The second-order valence-corrected chi connectivity index (χ2v) is 6.02. The molecule has 0 fully saturated rings. The Morgan fingerprint density at radius 3 is 2.61 bits per heavy atom. The Bertz CT molecular complexity index is 656. The Morgan fingerprint density at radius 2 is 2.04 bits per heavy atom. The number of thioether (sulfide) groups is 1. The van der Waals surface area contributed by atoms with Gasteiger partial charge in [-0.1, -0.05) is 25.6 Å². The summed E-state index contributed by atoms with van der Waals surface area (Å²) in [5.74, 6) is 1.66. The quantitative estimate of drug-likeness (QED) is 0.755. The van der Waals surface area contributed by atoms with Crippen LogP contribution in [0.4, 0.5) is 11.6 Å². The third-order valence-corrected chi connectivity index (χ3v) is 4.15. The highest BCUT2D eigenvalue weighted by atomic mass is 32.2. The molecule has 0 saturated heterocycles. The van der Waals surface area contributed by atoms with Gasteiger partial charge in [-0.15, -0.1) is 10.2 Å². The smallest absolute Gasteiger partial charge is 0.247 e. The van der Waals surface area contributed by atoms with E-state index in [2.05, 4.69) is 15.5 Å². The van der Waals surface area contributed by atoms with Gasteiger partial charge in [-0.25, -0.2) is 0 Å². The topological polar surface area (TPSA) is 95.1 Å². The molecular formula is C15H21N5O2S. The monoisotopic (exact) mass is 335 g/mol. The van der Waals surface area contributed by atoms with Crippen molar-refractivity contribution in [2.75, 3.05) is 23.9 Å². The third-order valence-electron chi connectivity index (χ3n) is 3.32. The average molecular weight is 335 g/mol. The van der Waals surface area contributed by atoms with Crippen LogP contribution in [-0.4, -0.2) is 33.5 Å². The Hall–Kier alpha value is -2.22. The first-order valence-corrected chi connectivity index (χ1v) is 8.37. The molecule has 2 rings (SSSR count). The van der Waals surface area contributed by atoms with E-state index in [1.54, 1.807) is 35.9 Å². The summed E-state index contributed by atoms with van der Waals surface area (Å²) in [4.78, 5) is 12.6. The van der Waals surface area contributed by atoms with Crippen molar-refractivity contribution in [2.24, 2.45) is 0 Å². The standard InChI is InChI=1S/C15H21N5O2S/c1-4-12(20-14(16)18-19-15(20)23-5-2)13(21)17-10-6-8-11(22-3)9-7-10/h6-9,12H,4-5H2,1-3H3,(H2,16,18)(H,17,21). The van der Waals surface area contributed by atoms with Crippen molar-refractivity contribution < 1.29 is 9.53 Å². The lowest BCUT2D eigenvalue weighted by molar-refractivity contribution is -0.119. The molecule has 3 N–H and O–H groups in total. The minimum absolute atomic E-state index is 0.151. The summed E-state index contributed by atoms with van der Waals surface area (Å²) >= 11 is 1.51. The molecule has 2 aromatic rings. The fourth-order valence-electron chi connectivity index (χ4n) is 2.19. The lowest BCUT2D eigenvalue weighted by Gasteiger charge is -2.19. The van der Waals surface area contributed by atoms with Crippen LogP contribution in [0.2, 0.25) is 0 Å². The molecule has 124 valence electrons. The molecule has 0 saturated carbocycles. The highest BCUT2D eigenvalue weighted by Crippen LogP contribution is 2.26. The Labute approximate surface area is 139 Å². The van der Waals surface area contributed by atoms with Crippen molar-refractivity contribution in [3.05, 3.63) is 24.3 Å². The zero-order chi connectivity index (χ0) is 16.8. The number of hydrogen-bond donors (Lipinski definition) is 2. The Balaban J connectivity index is 2.19. The van der Waals surface area contributed by atoms with Crippen molar-refractivity contribution in [3.63, 3.8) is 0 Å². The number of rotatable bonds is 7. The number of nitrogens with zero attached hydrogens (tertiary/aromatic N) is 3. The number of methoxy groups -OCH3 is 1. The number of aromatic nitrogens is 3. The molecule has 7 nitrogen and oxygen atoms in total. The molecule has 23 heavy (non-hydrogen) atoms. The van der Waals surface area contributed by atoms with E-state index in [-0.39, 0.29) is 11.9 Å². The summed E-state index contributed by atoms with van der Waals surface area (Å²) in [6.45, 7) is 3.94. The summed E-state index contributed by atoms with van der Waals surface area (Å²) in [7, 11) is 1.60. The summed E-state index contributed by atoms with van der Waals surface area (Å²) in [6.07, 6.45) is 0.585. The SMILES string of the molecule is CCSc1nnc(N)n1C(CC)C(=O)Nc1ccc(OC)cc1. The Morgan fingerprint density at radius 1 is 1.35 bits per heavy atom. The van der Waals surface area contributed by atoms with Crippen LogP contribution in [-0.2, 0) is 4.79 Å². The predicted molar refractivity (Wildman–Crippen MR) is 91.8 cm³/mol. The van der Waals surface area contributed by atoms with Crippen molar-refractivity contribution in [2.45, 2.75) is 31.5 Å². The van der Waals surface area contributed by atoms with Crippen molar-refractivity contribution >= 4 is 29.3 Å². The highest BCUT2D eigenvalue weighted by molar-refractivity contribution is 7.99. The number of nitrogens with two attached hydrogens (primary N) is 1. The maximum atomic E-state index is 12.6. The normalized spacial score (nSPS) is 12.0. The lowest BCUT2D eigenvalue weighted by Crippen LogP contribution is -2.27. The average Bonchev–Trinajstić information content (AvgIpc) is 2.91. The molecule has 8 heteroatoms. The number of anilines is 2. The van der Waals surface area contributed by atoms with Crippen LogP contribution in [0.3, 0.4) is 0 Å². The van der Waals surface area contributed by atoms with Gasteiger partial charge in [-0.2, -0.15) is 0 Å². The number of nitrogen functional groups attached to an aromatic ring is 1. The molecule has 0 radical (unpaired) electrons. The third kappa shape index (κ3) is 3.95. The van der Waals surface area contributed by atoms with Crippen molar-refractivity contribution in [1.82, 2.24) is 14.8 Å². The van der Waals surface area contributed by atoms with Crippen LogP contribution < -0.4 is 15.8 Å². The zero-order valence-corrected chi connectivity index (χ0v) is 14.3. The van der Waals surface area contributed by atoms with Crippen LogP contribution in [0.15, 0.2) is 29.4 Å². The van der Waals surface area contributed by atoms with Gasteiger partial charge >= 0.3 is 0 Å². The van der Waals surface area contributed by atoms with E-state index in [9.17, 15) is 4.79 Å². The van der Waals surface area contributed by atoms with Gasteiger partial charge in [-0.3, -0.25) is 9.36 Å². The molecule has 1 amide bonds. The Kier molecular flexibility index (Phi) is 5.86. The molecule has 1 atom stereocenters. The first-order chi connectivity index (χ1) is 11.1. The van der Waals surface area contributed by atoms with Gasteiger partial charge in [0.1, 0.15) is 11.8 Å². The van der Waals surface area contributed by atoms with Gasteiger partial charge in [0.2, 0.25) is 11.9 Å². The fraction of sp³-hybridized carbons (Fsp3) is 0.400. The number of hydrogen-bond acceptors (Lipinski definition) is 6. The number of ether oxygens (including phenoxy) is 1. The molecule has 1 aromatic carbocycles. The van der Waals surface area contributed by atoms with Crippen molar-refractivity contribution in [1.29, 1.82) is 0 Å². The number of nitrogens with one attached hydrogen (secondary N) is 1. The van der Waals surface area contributed by atoms with Crippen LogP contribution in [0.1, 0.15) is 26.3 Å². The van der Waals surface area contributed by atoms with Gasteiger partial charge in [0.15, 0.2) is 5.16 Å². The second-order valence-electron chi connectivity index (χ2n) is 4.79. The number of carbonyl (C=O) groups is 1. The van der Waals surface area contributed by atoms with E-state index < -0.39 is 6.04 Å². The van der Waals surface area contributed by atoms with E-state index in [4.69, 9.17) is 10.5 Å². The molecule has 0 spiro atoms. The molecule has 0 bridgehead atoms. The molecule has 1 unspecified atom stereocenters. The maximum Gasteiger partial charge on any atom is 0.247 e. The highest BCUT2D eigenvalue weighted by Gasteiger charge is 2.24. The van der Waals surface area contributed by atoms with E-state index >= 15 is 0 Å². The molecule has 0 aliphatic heterocycles. The first kappa shape index (κ1) is 17.1. The minimum atomic E-state index is -0.457. The van der Waals surface area contributed by atoms with Crippen LogP contribution >= 0.6 is 11.8 Å². The minimum Gasteiger partial charge on any atom is -0.497 e. The number of carbonyl (C=O) groups excluding carboxylic acids is 1. The van der Waals surface area contributed by atoms with Gasteiger partial charge < -0.3 is 15.8 Å². The van der Waals surface area contributed by atoms with E-state index in [1.807, 2.05) is 13.8 Å². The van der Waals surface area contributed by atoms with Crippen LogP contribution in [0.25, 0.3) is 0 Å². The molecular weight excluding hydrogens is 314 g/mol. The molecule has 1 heterocycles. The largest absolute Gasteiger partial charge is 0.497 e. The second kappa shape index (κ2) is 7.87. The molecule has 0 aliphatic carbocycles. The summed E-state index contributed by atoms with van der Waals surface area (Å²) in [5, 5.41) is 11.5. The number of benzene rings is 1. The van der Waals surface area contributed by atoms with Crippen LogP contribution in [0.5, 0.6) is 5.75 Å². The summed E-state index contributed by atoms with van der Waals surface area (Å²) < 4.78 is 6.79. The van der Waals surface area contributed by atoms with E-state index in [1.165, 1.54) is 11.8 Å². The summed E-state index contributed by atoms with van der Waals surface area (Å²) in [5.41, 5.74) is 6.60. The zero-order valence-electron chi connectivity index (χ0n) is 13.4. The first-order valence-electron chi connectivity index (χ1n) is 7.38. The van der Waals surface area contributed by atoms with Gasteiger partial charge in [-0.05, 0) is 36.4 Å². The van der Waals surface area contributed by atoms with Crippen LogP contribution in [0, 0.1) is 0 Å². The predicted octanol–water partition coefficient (Wildman–Crippen LogP) is 2.57. The van der Waals surface area contributed by atoms with Crippen molar-refractivity contribution in [3.8, 4) is 5.75 Å².